The van der Waals surface area contributed by atoms with Gasteiger partial charge in [0.15, 0.2) is 0 Å². The molecule has 0 saturated heterocycles. The lowest BCUT2D eigenvalue weighted by Gasteiger charge is -2.31. The molecule has 0 spiro atoms. The van der Waals surface area contributed by atoms with Crippen LogP contribution in [0.4, 0.5) is 0 Å². The number of nitrogens with two attached hydrogens (primary N) is 1. The Balaban J connectivity index is 2.22. The molecular weight excluding hydrogens is 174 g/mol. The number of hydrogen-bond donors (Lipinski definition) is 2. The van der Waals surface area contributed by atoms with E-state index in [0.717, 1.165) is 24.2 Å². The summed E-state index contributed by atoms with van der Waals surface area (Å²) in [4.78, 5) is 0. The molecule has 3 N–H and O–H groups in total. The molecule has 1 fully saturated rings. The molecule has 1 saturated carbocycles. The summed E-state index contributed by atoms with van der Waals surface area (Å²) < 4.78 is 0. The molecule has 0 aromatic heterocycles. The molecule has 2 heteroatoms. The molecule has 1 rings (SSSR count). The van der Waals surface area contributed by atoms with E-state index < -0.39 is 0 Å². The average Bonchev–Trinajstić information content (AvgIpc) is 2.18. The molecule has 2 nitrogen and oxygen atoms in total. The van der Waals surface area contributed by atoms with Crippen LogP contribution in [0.1, 0.15) is 46.0 Å². The van der Waals surface area contributed by atoms with Crippen molar-refractivity contribution in [3.05, 3.63) is 0 Å². The minimum atomic E-state index is 0.00981. The predicted molar refractivity (Wildman–Crippen MR) is 60.0 cm³/mol. The quantitative estimate of drug-likeness (QED) is 0.729. The van der Waals surface area contributed by atoms with Gasteiger partial charge in [0.1, 0.15) is 0 Å². The Hall–Kier alpha value is -0.0800. The van der Waals surface area contributed by atoms with Crippen LogP contribution in [0.15, 0.2) is 0 Å². The van der Waals surface area contributed by atoms with Gasteiger partial charge >= 0.3 is 0 Å². The number of aliphatic hydroxyl groups is 1. The maximum absolute atomic E-state index is 8.88. The highest BCUT2D eigenvalue weighted by molar-refractivity contribution is 4.77. The van der Waals surface area contributed by atoms with Crippen molar-refractivity contribution in [2.75, 3.05) is 6.61 Å². The Morgan fingerprint density at radius 3 is 2.21 bits per heavy atom. The zero-order chi connectivity index (χ0) is 10.6. The molecule has 84 valence electrons. The molecular formula is C12H25NO. The van der Waals surface area contributed by atoms with Gasteiger partial charge in [-0.1, -0.05) is 26.7 Å². The predicted octanol–water partition coefficient (Wildman–Crippen LogP) is 2.16. The van der Waals surface area contributed by atoms with Gasteiger partial charge in [-0.05, 0) is 37.0 Å². The largest absolute Gasteiger partial charge is 0.395 e. The van der Waals surface area contributed by atoms with Gasteiger partial charge in [-0.3, -0.25) is 0 Å². The Kier molecular flexibility index (Phi) is 4.90. The summed E-state index contributed by atoms with van der Waals surface area (Å²) in [6.45, 7) is 4.79. The van der Waals surface area contributed by atoms with Crippen molar-refractivity contribution in [1.29, 1.82) is 0 Å². The first-order chi connectivity index (χ1) is 6.63. The van der Waals surface area contributed by atoms with Crippen molar-refractivity contribution < 1.29 is 5.11 Å². The van der Waals surface area contributed by atoms with Crippen molar-refractivity contribution in [3.8, 4) is 0 Å². The van der Waals surface area contributed by atoms with Crippen LogP contribution < -0.4 is 5.73 Å². The zero-order valence-electron chi connectivity index (χ0n) is 9.58. The van der Waals surface area contributed by atoms with Crippen LogP contribution >= 0.6 is 0 Å². The summed E-state index contributed by atoms with van der Waals surface area (Å²) in [5.74, 6) is 2.53. The van der Waals surface area contributed by atoms with Crippen LogP contribution in [-0.4, -0.2) is 17.8 Å². The highest BCUT2D eigenvalue weighted by Crippen LogP contribution is 2.34. The van der Waals surface area contributed by atoms with E-state index >= 15 is 0 Å². The standard InChI is InChI=1S/C12H25NO/c1-9(2)11-5-3-10(4-6-11)7-12(13)8-14/h9-12,14H,3-8,13H2,1-2H3. The fourth-order valence-corrected chi connectivity index (χ4v) is 2.59. The Labute approximate surface area is 87.9 Å². The van der Waals surface area contributed by atoms with Crippen LogP contribution in [0.25, 0.3) is 0 Å². The first-order valence-corrected chi connectivity index (χ1v) is 6.00. The van der Waals surface area contributed by atoms with E-state index in [9.17, 15) is 0 Å². The fraction of sp³-hybridized carbons (Fsp3) is 1.00. The average molecular weight is 199 g/mol. The highest BCUT2D eigenvalue weighted by Gasteiger charge is 2.24. The summed E-state index contributed by atoms with van der Waals surface area (Å²) in [5, 5.41) is 8.88. The first-order valence-electron chi connectivity index (χ1n) is 6.00. The van der Waals surface area contributed by atoms with Crippen molar-refractivity contribution in [1.82, 2.24) is 0 Å². The van der Waals surface area contributed by atoms with Gasteiger partial charge in [-0.25, -0.2) is 0 Å². The lowest BCUT2D eigenvalue weighted by Crippen LogP contribution is -2.29. The topological polar surface area (TPSA) is 46.2 Å². The SMILES string of the molecule is CC(C)C1CCC(CC(N)CO)CC1. The second-order valence-corrected chi connectivity index (χ2v) is 5.20. The summed E-state index contributed by atoms with van der Waals surface area (Å²) in [6.07, 6.45) is 6.37. The molecule has 1 aliphatic carbocycles. The molecule has 0 bridgehead atoms. The Bertz CT molecular complexity index is 150. The number of hydrogen-bond acceptors (Lipinski definition) is 2. The van der Waals surface area contributed by atoms with E-state index in [-0.39, 0.29) is 12.6 Å². The summed E-state index contributed by atoms with van der Waals surface area (Å²) >= 11 is 0. The smallest absolute Gasteiger partial charge is 0.0582 e. The van der Waals surface area contributed by atoms with E-state index in [2.05, 4.69) is 13.8 Å². The molecule has 0 aliphatic heterocycles. The van der Waals surface area contributed by atoms with Crippen LogP contribution in [0.5, 0.6) is 0 Å². The van der Waals surface area contributed by atoms with Crippen molar-refractivity contribution >= 4 is 0 Å². The lowest BCUT2D eigenvalue weighted by atomic mass is 9.75. The zero-order valence-corrected chi connectivity index (χ0v) is 9.58. The van der Waals surface area contributed by atoms with Gasteiger partial charge in [-0.2, -0.15) is 0 Å². The van der Waals surface area contributed by atoms with Crippen molar-refractivity contribution in [2.24, 2.45) is 23.5 Å². The maximum Gasteiger partial charge on any atom is 0.0582 e. The van der Waals surface area contributed by atoms with Crippen molar-refractivity contribution in [2.45, 2.75) is 52.0 Å². The van der Waals surface area contributed by atoms with Gasteiger partial charge in [0.2, 0.25) is 0 Å². The Morgan fingerprint density at radius 1 is 1.21 bits per heavy atom. The van der Waals surface area contributed by atoms with E-state index in [4.69, 9.17) is 10.8 Å². The molecule has 0 radical (unpaired) electrons. The first kappa shape index (κ1) is 12.0. The molecule has 1 aliphatic rings. The minimum Gasteiger partial charge on any atom is -0.395 e. The molecule has 0 aromatic rings. The van der Waals surface area contributed by atoms with Gasteiger partial charge in [0.25, 0.3) is 0 Å². The summed E-state index contributed by atoms with van der Waals surface area (Å²) in [5.41, 5.74) is 5.75. The molecule has 0 heterocycles. The number of rotatable bonds is 4. The third-order valence-electron chi connectivity index (χ3n) is 3.70. The van der Waals surface area contributed by atoms with Crippen LogP contribution in [-0.2, 0) is 0 Å². The minimum absolute atomic E-state index is 0.00981. The molecule has 1 unspecified atom stereocenters. The molecule has 14 heavy (non-hydrogen) atoms. The van der Waals surface area contributed by atoms with Gasteiger partial charge in [0.05, 0.1) is 6.61 Å². The second-order valence-electron chi connectivity index (χ2n) is 5.20. The third-order valence-corrected chi connectivity index (χ3v) is 3.70. The normalized spacial score (nSPS) is 30.6. The van der Waals surface area contributed by atoms with Gasteiger partial charge < -0.3 is 10.8 Å². The lowest BCUT2D eigenvalue weighted by molar-refractivity contribution is 0.188. The van der Waals surface area contributed by atoms with Crippen LogP contribution in [0.3, 0.4) is 0 Å². The second kappa shape index (κ2) is 5.72. The van der Waals surface area contributed by atoms with E-state index in [1.807, 2.05) is 0 Å². The monoisotopic (exact) mass is 199 g/mol. The fourth-order valence-electron chi connectivity index (χ4n) is 2.59. The third kappa shape index (κ3) is 3.58. The van der Waals surface area contributed by atoms with Crippen LogP contribution in [0, 0.1) is 17.8 Å². The summed E-state index contributed by atoms with van der Waals surface area (Å²) in [6, 6.07) is 0.00981. The van der Waals surface area contributed by atoms with Crippen LogP contribution in [0.2, 0.25) is 0 Å². The van der Waals surface area contributed by atoms with Gasteiger partial charge in [-0.15, -0.1) is 0 Å². The van der Waals surface area contributed by atoms with E-state index in [1.54, 1.807) is 0 Å². The maximum atomic E-state index is 8.88. The Morgan fingerprint density at radius 2 is 1.79 bits per heavy atom. The van der Waals surface area contributed by atoms with E-state index in [0.29, 0.717) is 0 Å². The number of aliphatic hydroxyl groups excluding tert-OH is 1. The van der Waals surface area contributed by atoms with Crippen molar-refractivity contribution in [3.63, 3.8) is 0 Å². The van der Waals surface area contributed by atoms with Gasteiger partial charge in [0, 0.05) is 6.04 Å². The molecule has 0 aromatic carbocycles. The highest BCUT2D eigenvalue weighted by atomic mass is 16.3. The van der Waals surface area contributed by atoms with E-state index in [1.165, 1.54) is 25.7 Å². The molecule has 1 atom stereocenters. The molecule has 0 amide bonds. The summed E-state index contributed by atoms with van der Waals surface area (Å²) in [7, 11) is 0.